The zero-order valence-corrected chi connectivity index (χ0v) is 23.8. The molecule has 42 heavy (non-hydrogen) atoms. The highest BCUT2D eigenvalue weighted by Gasteiger charge is 2.52. The smallest absolute Gasteiger partial charge is 0.407 e. The number of benzene rings is 3. The van der Waals surface area contributed by atoms with Crippen molar-refractivity contribution in [2.24, 2.45) is 0 Å². The Morgan fingerprint density at radius 3 is 2.21 bits per heavy atom. The molecule has 9 heteroatoms. The van der Waals surface area contributed by atoms with Crippen LogP contribution in [0.15, 0.2) is 78.9 Å². The highest BCUT2D eigenvalue weighted by molar-refractivity contribution is 5.92. The molecule has 5 rings (SSSR count). The van der Waals surface area contributed by atoms with Crippen LogP contribution in [0.4, 0.5) is 4.79 Å². The maximum Gasteiger partial charge on any atom is 0.407 e. The first-order chi connectivity index (χ1) is 20.4. The van der Waals surface area contributed by atoms with Crippen molar-refractivity contribution in [3.8, 4) is 11.1 Å². The molecule has 2 amide bonds. The number of rotatable bonds is 11. The van der Waals surface area contributed by atoms with Crippen molar-refractivity contribution >= 4 is 18.0 Å². The number of carboxylic acid groups (broad SMARTS) is 1. The average molecular weight is 573 g/mol. The van der Waals surface area contributed by atoms with Gasteiger partial charge in [0.25, 0.3) is 0 Å². The van der Waals surface area contributed by atoms with Crippen molar-refractivity contribution in [3.63, 3.8) is 0 Å². The van der Waals surface area contributed by atoms with Crippen LogP contribution in [-0.2, 0) is 30.4 Å². The normalized spacial score (nSPS) is 19.0. The van der Waals surface area contributed by atoms with Crippen molar-refractivity contribution in [1.82, 2.24) is 10.2 Å². The summed E-state index contributed by atoms with van der Waals surface area (Å²) in [4.78, 5) is 40.9. The summed E-state index contributed by atoms with van der Waals surface area (Å²) in [6.07, 6.45) is -0.818. The number of alkyl carbamates (subject to hydrolysis) is 1. The second-order valence-corrected chi connectivity index (χ2v) is 10.8. The van der Waals surface area contributed by atoms with E-state index in [0.717, 1.165) is 27.8 Å². The first-order valence-electron chi connectivity index (χ1n) is 14.2. The summed E-state index contributed by atoms with van der Waals surface area (Å²) in [5.74, 6) is -1.85. The predicted molar refractivity (Wildman–Crippen MR) is 156 cm³/mol. The lowest BCUT2D eigenvalue weighted by Crippen LogP contribution is -2.62. The molecule has 1 saturated heterocycles. The lowest BCUT2D eigenvalue weighted by molar-refractivity contribution is -0.162. The molecule has 1 heterocycles. The van der Waals surface area contributed by atoms with Crippen LogP contribution in [0.2, 0.25) is 0 Å². The Bertz CT molecular complexity index is 1380. The molecule has 2 aliphatic rings. The maximum atomic E-state index is 14.0. The van der Waals surface area contributed by atoms with Gasteiger partial charge in [0, 0.05) is 19.6 Å². The molecule has 3 aromatic rings. The Morgan fingerprint density at radius 2 is 1.60 bits per heavy atom. The SMILES string of the molecule is COCC1(C(=O)O)CCCN1C(=O)C(NC(=O)OCC1c2ccccc2-c2ccccc21)C(C)OCc1ccccc1. The number of carbonyl (C=O) groups excluding carboxylic acids is 2. The molecule has 1 aliphatic heterocycles. The number of ether oxygens (including phenoxy) is 3. The third-order valence-electron chi connectivity index (χ3n) is 8.24. The number of likely N-dealkylation sites (tertiary alicyclic amines) is 1. The minimum atomic E-state index is -1.52. The van der Waals surface area contributed by atoms with E-state index in [1.54, 1.807) is 6.92 Å². The number of carbonyl (C=O) groups is 3. The second-order valence-electron chi connectivity index (χ2n) is 10.8. The lowest BCUT2D eigenvalue weighted by atomic mass is 9.96. The van der Waals surface area contributed by atoms with Crippen LogP contribution < -0.4 is 5.32 Å². The summed E-state index contributed by atoms with van der Waals surface area (Å²) >= 11 is 0. The van der Waals surface area contributed by atoms with Gasteiger partial charge in [-0.05, 0) is 47.6 Å². The van der Waals surface area contributed by atoms with Crippen LogP contribution in [0.1, 0.15) is 42.4 Å². The first-order valence-corrected chi connectivity index (χ1v) is 14.2. The van der Waals surface area contributed by atoms with Crippen LogP contribution in [0, 0.1) is 0 Å². The number of nitrogens with one attached hydrogen (secondary N) is 1. The number of nitrogens with zero attached hydrogens (tertiary/aromatic N) is 1. The number of hydrogen-bond donors (Lipinski definition) is 2. The van der Waals surface area contributed by atoms with Gasteiger partial charge in [0.1, 0.15) is 12.6 Å². The van der Waals surface area contributed by atoms with E-state index < -0.39 is 35.7 Å². The van der Waals surface area contributed by atoms with Gasteiger partial charge >= 0.3 is 12.1 Å². The Hall–Kier alpha value is -4.21. The van der Waals surface area contributed by atoms with E-state index in [1.807, 2.05) is 66.7 Å². The summed E-state index contributed by atoms with van der Waals surface area (Å²) < 4.78 is 17.0. The summed E-state index contributed by atoms with van der Waals surface area (Å²) in [6, 6.07) is 24.3. The minimum Gasteiger partial charge on any atom is -0.479 e. The van der Waals surface area contributed by atoms with E-state index in [-0.39, 0.29) is 38.7 Å². The van der Waals surface area contributed by atoms with Crippen LogP contribution in [-0.4, -0.2) is 72.5 Å². The van der Waals surface area contributed by atoms with Gasteiger partial charge < -0.3 is 29.5 Å². The average Bonchev–Trinajstić information content (AvgIpc) is 3.58. The Morgan fingerprint density at radius 1 is 0.976 bits per heavy atom. The summed E-state index contributed by atoms with van der Waals surface area (Å²) in [7, 11) is 1.41. The third-order valence-corrected chi connectivity index (χ3v) is 8.24. The number of amides is 2. The fourth-order valence-electron chi connectivity index (χ4n) is 6.09. The molecule has 0 radical (unpaired) electrons. The van der Waals surface area contributed by atoms with Gasteiger partial charge in [-0.2, -0.15) is 0 Å². The molecule has 9 nitrogen and oxygen atoms in total. The van der Waals surface area contributed by atoms with Crippen molar-refractivity contribution in [3.05, 3.63) is 95.6 Å². The number of hydrogen-bond acceptors (Lipinski definition) is 6. The standard InChI is InChI=1S/C33H36N2O7/c1-22(41-19-23-11-4-3-5-12-23)29(30(36)35-18-10-17-33(35,21-40-2)31(37)38)34-32(39)42-20-28-26-15-8-6-13-24(26)25-14-7-9-16-27(25)28/h3-9,11-16,22,28-29H,10,17-21H2,1-2H3,(H,34,39)(H,37,38). The van der Waals surface area contributed by atoms with E-state index in [4.69, 9.17) is 14.2 Å². The van der Waals surface area contributed by atoms with E-state index in [2.05, 4.69) is 17.4 Å². The third kappa shape index (κ3) is 5.75. The topological polar surface area (TPSA) is 114 Å². The largest absolute Gasteiger partial charge is 0.479 e. The van der Waals surface area contributed by atoms with Crippen molar-refractivity contribution < 1.29 is 33.7 Å². The van der Waals surface area contributed by atoms with Crippen molar-refractivity contribution in [2.75, 3.05) is 26.9 Å². The van der Waals surface area contributed by atoms with E-state index in [1.165, 1.54) is 12.0 Å². The Balaban J connectivity index is 1.34. The second kappa shape index (κ2) is 12.8. The Labute approximate surface area is 245 Å². The van der Waals surface area contributed by atoms with Crippen molar-refractivity contribution in [2.45, 2.75) is 50.0 Å². The summed E-state index contributed by atoms with van der Waals surface area (Å²) in [6.45, 7) is 2.03. The highest BCUT2D eigenvalue weighted by Crippen LogP contribution is 2.44. The molecular weight excluding hydrogens is 536 g/mol. The van der Waals surface area contributed by atoms with Gasteiger partial charge in [0.2, 0.25) is 5.91 Å². The monoisotopic (exact) mass is 572 g/mol. The van der Waals surface area contributed by atoms with E-state index in [0.29, 0.717) is 6.42 Å². The fraction of sp³-hybridized carbons (Fsp3) is 0.364. The molecule has 0 saturated carbocycles. The van der Waals surface area contributed by atoms with Crippen LogP contribution in [0.25, 0.3) is 11.1 Å². The molecule has 0 bridgehead atoms. The molecule has 1 aliphatic carbocycles. The van der Waals surface area contributed by atoms with Gasteiger partial charge in [-0.25, -0.2) is 9.59 Å². The quantitative estimate of drug-likeness (QED) is 0.345. The van der Waals surface area contributed by atoms with Crippen molar-refractivity contribution in [1.29, 1.82) is 0 Å². The zero-order chi connectivity index (χ0) is 29.7. The number of carboxylic acids is 1. The van der Waals surface area contributed by atoms with E-state index >= 15 is 0 Å². The fourth-order valence-corrected chi connectivity index (χ4v) is 6.09. The van der Waals surface area contributed by atoms with Gasteiger partial charge in [-0.1, -0.05) is 78.9 Å². The number of methoxy groups -OCH3 is 1. The lowest BCUT2D eigenvalue weighted by Gasteiger charge is -2.37. The highest BCUT2D eigenvalue weighted by atomic mass is 16.5. The van der Waals surface area contributed by atoms with Crippen LogP contribution >= 0.6 is 0 Å². The Kier molecular flexibility index (Phi) is 8.89. The first kappa shape index (κ1) is 29.3. The zero-order valence-electron chi connectivity index (χ0n) is 23.8. The summed E-state index contributed by atoms with van der Waals surface area (Å²) in [5, 5.41) is 12.8. The van der Waals surface area contributed by atoms with Gasteiger partial charge in [-0.15, -0.1) is 0 Å². The van der Waals surface area contributed by atoms with Gasteiger partial charge in [0.05, 0.1) is 19.3 Å². The number of fused-ring (bicyclic) bond motifs is 3. The van der Waals surface area contributed by atoms with Crippen LogP contribution in [0.5, 0.6) is 0 Å². The predicted octanol–water partition coefficient (Wildman–Crippen LogP) is 4.59. The maximum absolute atomic E-state index is 14.0. The molecule has 3 unspecified atom stereocenters. The molecule has 3 atom stereocenters. The minimum absolute atomic E-state index is 0.0759. The molecule has 2 N–H and O–H groups in total. The molecular formula is C33H36N2O7. The summed E-state index contributed by atoms with van der Waals surface area (Å²) in [5.41, 5.74) is 3.73. The van der Waals surface area contributed by atoms with Gasteiger partial charge in [-0.3, -0.25) is 4.79 Å². The molecule has 0 spiro atoms. The van der Waals surface area contributed by atoms with E-state index in [9.17, 15) is 19.5 Å². The molecule has 3 aromatic carbocycles. The van der Waals surface area contributed by atoms with Gasteiger partial charge in [0.15, 0.2) is 5.54 Å². The molecule has 220 valence electrons. The molecule has 0 aromatic heterocycles. The number of aliphatic carboxylic acids is 1. The molecule has 1 fully saturated rings. The van der Waals surface area contributed by atoms with Crippen LogP contribution in [0.3, 0.4) is 0 Å².